The molecule has 0 amide bonds. The first-order chi connectivity index (χ1) is 12.5. The predicted molar refractivity (Wildman–Crippen MR) is 117 cm³/mol. The van der Waals surface area contributed by atoms with Gasteiger partial charge in [-0.1, -0.05) is 104 Å². The van der Waals surface area contributed by atoms with Crippen molar-refractivity contribution in [2.45, 2.75) is 117 Å². The molecule has 0 aromatic carbocycles. The Morgan fingerprint density at radius 2 is 1.23 bits per heavy atom. The molecule has 0 radical (unpaired) electrons. The van der Waals surface area contributed by atoms with Crippen LogP contribution in [0.15, 0.2) is 12.2 Å². The highest BCUT2D eigenvalue weighted by Crippen LogP contribution is 2.12. The maximum Gasteiger partial charge on any atom is 0.0896 e. The number of likely N-dealkylation sites (N-methyl/N-ethyl adjacent to an activating group) is 1. The van der Waals surface area contributed by atoms with E-state index in [1.54, 1.807) is 13.1 Å². The molecular weight excluding hydrogens is 322 g/mol. The van der Waals surface area contributed by atoms with E-state index >= 15 is 0 Å². The number of allylic oxidation sites excluding steroid dienone is 1. The van der Waals surface area contributed by atoms with Crippen LogP contribution in [0.4, 0.5) is 0 Å². The lowest BCUT2D eigenvalue weighted by atomic mass is 10.0. The second kappa shape index (κ2) is 22.7. The molecule has 0 aliphatic rings. The third-order valence-electron chi connectivity index (χ3n) is 4.29. The average Bonchev–Trinajstić information content (AvgIpc) is 2.59. The summed E-state index contributed by atoms with van der Waals surface area (Å²) in [6.45, 7) is 8.72. The second-order valence-corrected chi connectivity index (χ2v) is 8.05. The van der Waals surface area contributed by atoms with E-state index < -0.39 is 6.10 Å². The summed E-state index contributed by atoms with van der Waals surface area (Å²) >= 11 is 0. The van der Waals surface area contributed by atoms with Crippen LogP contribution < -0.4 is 5.32 Å². The van der Waals surface area contributed by atoms with Gasteiger partial charge in [-0.15, -0.1) is 0 Å². The highest BCUT2D eigenvalue weighted by molar-refractivity contribution is 4.94. The van der Waals surface area contributed by atoms with E-state index in [1.807, 2.05) is 6.08 Å². The predicted octanol–water partition coefficient (Wildman–Crippen LogP) is 5.85. The van der Waals surface area contributed by atoms with Crippen LogP contribution in [0, 0.1) is 5.92 Å². The normalized spacial score (nSPS) is 13.7. The Bertz CT molecular complexity index is 273. The SMILES string of the molecule is CC(C)C.CCCCCCCCCCCCC/C=C/C(O)C(CO)NC. The topological polar surface area (TPSA) is 52.5 Å². The summed E-state index contributed by atoms with van der Waals surface area (Å²) in [4.78, 5) is 0. The summed E-state index contributed by atoms with van der Waals surface area (Å²) in [6, 6.07) is -0.256. The van der Waals surface area contributed by atoms with E-state index in [-0.39, 0.29) is 12.6 Å². The fourth-order valence-corrected chi connectivity index (χ4v) is 2.67. The number of unbranched alkanes of at least 4 members (excludes halogenated alkanes) is 11. The van der Waals surface area contributed by atoms with Crippen molar-refractivity contribution in [2.24, 2.45) is 5.92 Å². The Labute approximate surface area is 164 Å². The molecule has 0 saturated heterocycles. The Balaban J connectivity index is 0. The zero-order valence-electron chi connectivity index (χ0n) is 18.5. The molecule has 2 unspecified atom stereocenters. The third kappa shape index (κ3) is 23.6. The van der Waals surface area contributed by atoms with Gasteiger partial charge in [0, 0.05) is 0 Å². The standard InChI is InChI=1S/C19H39NO2.C4H10/c1-3-4-5-6-7-8-9-10-11-12-13-14-15-16-19(22)18(17-21)20-2;1-4(2)3/h15-16,18-22H,3-14,17H2,1-2H3;4H,1-3H3/b16-15+;. The molecule has 0 fully saturated rings. The maximum atomic E-state index is 9.78. The average molecular weight is 372 g/mol. The van der Waals surface area contributed by atoms with Gasteiger partial charge in [-0.25, -0.2) is 0 Å². The van der Waals surface area contributed by atoms with Gasteiger partial charge in [-0.3, -0.25) is 0 Å². The maximum absolute atomic E-state index is 9.78. The molecule has 3 heteroatoms. The fraction of sp³-hybridized carbons (Fsp3) is 0.913. The number of rotatable bonds is 16. The van der Waals surface area contributed by atoms with Crippen molar-refractivity contribution in [1.82, 2.24) is 5.32 Å². The van der Waals surface area contributed by atoms with Gasteiger partial charge in [0.05, 0.1) is 18.8 Å². The minimum atomic E-state index is -0.595. The Kier molecular flexibility index (Phi) is 24.3. The first kappa shape index (κ1) is 27.8. The third-order valence-corrected chi connectivity index (χ3v) is 4.29. The van der Waals surface area contributed by atoms with Crippen molar-refractivity contribution in [3.8, 4) is 0 Å². The Hall–Kier alpha value is -0.380. The molecule has 0 bridgehead atoms. The molecule has 2 atom stereocenters. The van der Waals surface area contributed by atoms with Crippen molar-refractivity contribution >= 4 is 0 Å². The van der Waals surface area contributed by atoms with Crippen molar-refractivity contribution in [3.63, 3.8) is 0 Å². The molecule has 0 aliphatic heterocycles. The van der Waals surface area contributed by atoms with Gasteiger partial charge in [-0.2, -0.15) is 0 Å². The lowest BCUT2D eigenvalue weighted by molar-refractivity contribution is 0.128. The summed E-state index contributed by atoms with van der Waals surface area (Å²) in [5.41, 5.74) is 0. The van der Waals surface area contributed by atoms with Crippen LogP contribution in [0.25, 0.3) is 0 Å². The van der Waals surface area contributed by atoms with Gasteiger partial charge in [0.2, 0.25) is 0 Å². The quantitative estimate of drug-likeness (QED) is 0.236. The molecule has 0 aromatic rings. The van der Waals surface area contributed by atoms with Crippen LogP contribution in [0.1, 0.15) is 105 Å². The minimum absolute atomic E-state index is 0.0412. The lowest BCUT2D eigenvalue weighted by Crippen LogP contribution is -2.39. The van der Waals surface area contributed by atoms with Gasteiger partial charge < -0.3 is 15.5 Å². The molecule has 26 heavy (non-hydrogen) atoms. The van der Waals surface area contributed by atoms with Gasteiger partial charge in [0.1, 0.15) is 0 Å². The Morgan fingerprint density at radius 3 is 1.62 bits per heavy atom. The number of nitrogens with one attached hydrogen (secondary N) is 1. The highest BCUT2D eigenvalue weighted by atomic mass is 16.3. The molecule has 3 nitrogen and oxygen atoms in total. The summed E-state index contributed by atoms with van der Waals surface area (Å²) in [7, 11) is 1.75. The number of aliphatic hydroxyl groups excluding tert-OH is 2. The van der Waals surface area contributed by atoms with Crippen molar-refractivity contribution in [2.75, 3.05) is 13.7 Å². The summed E-state index contributed by atoms with van der Waals surface area (Å²) in [5, 5.41) is 21.7. The first-order valence-corrected chi connectivity index (χ1v) is 11.1. The van der Waals surface area contributed by atoms with E-state index in [1.165, 1.54) is 70.6 Å². The van der Waals surface area contributed by atoms with E-state index in [9.17, 15) is 5.11 Å². The lowest BCUT2D eigenvalue weighted by Gasteiger charge is -2.16. The fourth-order valence-electron chi connectivity index (χ4n) is 2.67. The zero-order chi connectivity index (χ0) is 20.0. The van der Waals surface area contributed by atoms with Crippen LogP contribution >= 0.6 is 0 Å². The van der Waals surface area contributed by atoms with E-state index in [0.29, 0.717) is 0 Å². The summed E-state index contributed by atoms with van der Waals surface area (Å²) < 4.78 is 0. The zero-order valence-corrected chi connectivity index (χ0v) is 18.5. The van der Waals surface area contributed by atoms with Crippen LogP contribution in [-0.2, 0) is 0 Å². The van der Waals surface area contributed by atoms with Gasteiger partial charge in [0.15, 0.2) is 0 Å². The number of aliphatic hydroxyl groups is 2. The number of hydrogen-bond donors (Lipinski definition) is 3. The van der Waals surface area contributed by atoms with Crippen molar-refractivity contribution < 1.29 is 10.2 Å². The van der Waals surface area contributed by atoms with Gasteiger partial charge in [-0.05, 0) is 25.8 Å². The molecule has 0 heterocycles. The molecular formula is C23H49NO2. The van der Waals surface area contributed by atoms with Crippen LogP contribution in [0.3, 0.4) is 0 Å². The van der Waals surface area contributed by atoms with E-state index in [0.717, 1.165) is 12.3 Å². The van der Waals surface area contributed by atoms with E-state index in [2.05, 4.69) is 33.0 Å². The van der Waals surface area contributed by atoms with Gasteiger partial charge >= 0.3 is 0 Å². The molecule has 0 rings (SSSR count). The molecule has 0 saturated carbocycles. The minimum Gasteiger partial charge on any atom is -0.395 e. The van der Waals surface area contributed by atoms with Crippen LogP contribution in [0.5, 0.6) is 0 Å². The first-order valence-electron chi connectivity index (χ1n) is 11.1. The Morgan fingerprint density at radius 1 is 0.808 bits per heavy atom. The van der Waals surface area contributed by atoms with Crippen molar-refractivity contribution in [3.05, 3.63) is 12.2 Å². The van der Waals surface area contributed by atoms with Gasteiger partial charge in [0.25, 0.3) is 0 Å². The van der Waals surface area contributed by atoms with Crippen molar-refractivity contribution in [1.29, 1.82) is 0 Å². The summed E-state index contributed by atoms with van der Waals surface area (Å²) in [5.74, 6) is 0.833. The van der Waals surface area contributed by atoms with Crippen LogP contribution in [0.2, 0.25) is 0 Å². The second-order valence-electron chi connectivity index (χ2n) is 8.05. The number of hydrogen-bond acceptors (Lipinski definition) is 3. The smallest absolute Gasteiger partial charge is 0.0896 e. The van der Waals surface area contributed by atoms with Crippen LogP contribution in [-0.4, -0.2) is 36.0 Å². The highest BCUT2D eigenvalue weighted by Gasteiger charge is 2.12. The molecule has 0 aromatic heterocycles. The molecule has 158 valence electrons. The monoisotopic (exact) mass is 371 g/mol. The molecule has 0 spiro atoms. The molecule has 3 N–H and O–H groups in total. The summed E-state index contributed by atoms with van der Waals surface area (Å²) in [6.07, 6.45) is 19.2. The largest absolute Gasteiger partial charge is 0.395 e. The molecule has 0 aliphatic carbocycles. The van der Waals surface area contributed by atoms with E-state index in [4.69, 9.17) is 5.11 Å².